The van der Waals surface area contributed by atoms with Gasteiger partial charge < -0.3 is 45.6 Å². The van der Waals surface area contributed by atoms with Gasteiger partial charge in [0.25, 0.3) is 10.0 Å². The number of nitrogens with zero attached hydrogens (tertiary/aromatic N) is 11. The number of fused-ring (bicyclic) bond motifs is 2. The summed E-state index contributed by atoms with van der Waals surface area (Å²) in [6.45, 7) is 40.6. The first-order valence-corrected chi connectivity index (χ1v) is 46.0. The van der Waals surface area contributed by atoms with E-state index >= 15 is 4.39 Å². The zero-order valence-corrected chi connectivity index (χ0v) is 78.0. The van der Waals surface area contributed by atoms with Crippen LogP contribution in [-0.2, 0) is 75.8 Å². The summed E-state index contributed by atoms with van der Waals surface area (Å²) < 4.78 is 166. The van der Waals surface area contributed by atoms with Gasteiger partial charge in [0.1, 0.15) is 51.3 Å². The molecule has 0 saturated heterocycles. The molecule has 0 spiro atoms. The number of carbonyl (C=O) groups is 4. The summed E-state index contributed by atoms with van der Waals surface area (Å²) in [7, 11) is -8.94. The van der Waals surface area contributed by atoms with Crippen molar-refractivity contribution in [3.63, 3.8) is 0 Å². The summed E-state index contributed by atoms with van der Waals surface area (Å²) >= 11 is 12.9. The van der Waals surface area contributed by atoms with Crippen molar-refractivity contribution in [3.05, 3.63) is 137 Å². The molecule has 0 aliphatic rings. The van der Waals surface area contributed by atoms with Crippen LogP contribution in [0.15, 0.2) is 90.9 Å². The van der Waals surface area contributed by atoms with Crippen molar-refractivity contribution >= 4 is 147 Å². The molecule has 8 heterocycles. The van der Waals surface area contributed by atoms with Gasteiger partial charge in [-0.25, -0.2) is 78.6 Å². The minimum atomic E-state index is -4.16. The number of H-pyrrole nitrogens is 1. The molecule has 0 bridgehead atoms. The number of hydrogen-bond donors (Lipinski definition) is 6. The number of aliphatic carboxylic acids is 1. The van der Waals surface area contributed by atoms with Gasteiger partial charge in [-0.15, -0.1) is 11.8 Å². The summed E-state index contributed by atoms with van der Waals surface area (Å²) in [5, 5.41) is 21.2. The number of carboxylic acids is 1. The molecule has 3 unspecified atom stereocenters. The second kappa shape index (κ2) is 42.7. The zero-order chi connectivity index (χ0) is 92.6. The molecule has 0 aliphatic heterocycles. The van der Waals surface area contributed by atoms with Gasteiger partial charge in [0, 0.05) is 114 Å². The van der Waals surface area contributed by atoms with E-state index in [4.69, 9.17) is 42.5 Å². The van der Waals surface area contributed by atoms with E-state index < -0.39 is 147 Å². The number of benzene rings is 1. The largest absolute Gasteiger partial charge is 0.481 e. The Morgan fingerprint density at radius 1 is 0.496 bits per heavy atom. The molecular weight excluding hydrogens is 1750 g/mol. The lowest BCUT2D eigenvalue weighted by atomic mass is 9.88. The van der Waals surface area contributed by atoms with E-state index in [1.165, 1.54) is 36.2 Å². The lowest BCUT2D eigenvalue weighted by Gasteiger charge is -2.32. The van der Waals surface area contributed by atoms with Crippen LogP contribution in [0.25, 0.3) is 44.8 Å². The van der Waals surface area contributed by atoms with Crippen molar-refractivity contribution in [2.75, 3.05) is 67.3 Å². The van der Waals surface area contributed by atoms with Crippen LogP contribution in [0.3, 0.4) is 0 Å². The van der Waals surface area contributed by atoms with Gasteiger partial charge in [0.2, 0.25) is 10.6 Å². The lowest BCUT2D eigenvalue weighted by Crippen LogP contribution is -2.40. The van der Waals surface area contributed by atoms with Gasteiger partial charge in [-0.1, -0.05) is 101 Å². The van der Waals surface area contributed by atoms with Crippen molar-refractivity contribution in [2.24, 2.45) is 21.7 Å². The number of rotatable bonds is 28. The highest BCUT2D eigenvalue weighted by Crippen LogP contribution is 2.36. The first-order valence-electron chi connectivity index (χ1n) is 38.1. The number of aromatic nitrogens is 12. The highest BCUT2D eigenvalue weighted by atomic mass is 35.5. The predicted molar refractivity (Wildman–Crippen MR) is 469 cm³/mol. The van der Waals surface area contributed by atoms with Crippen LogP contribution in [0, 0.1) is 63.5 Å². The fourth-order valence-electron chi connectivity index (χ4n) is 10.7. The Balaban J connectivity index is 0.000000263. The van der Waals surface area contributed by atoms with Crippen LogP contribution in [0.2, 0.25) is 10.6 Å². The summed E-state index contributed by atoms with van der Waals surface area (Å²) in [5.74, 6) is -7.03. The number of thioether (sulfide) groups is 1. The SMILES string of the molecule is CC(C)(C)OC(=O)CS(=O)C[C@@H](Nc1nc(Cl)ncc1F)C(C)(C)C.CC(C)(C)OC(=O)CSC[C@@H](Nc1nc(Cl)ncc1F)C(C)(C)C.CC(C)(C)[C@@H](CS(=O)CC(=O)O)Nc1nc(-c2c[nH]c3ncc(F)cc23)ncc1F.Cc1ccc(S(=O)(=O)n2cc(-c3ncc(F)c(N[C@H](CS(=O)CC(=O)OC(C)(C)C)C(C)(C)C)n3)c3cc(F)cnc32)cc1. The molecule has 0 amide bonds. The third-order valence-corrected chi connectivity index (χ3v) is 24.0. The molecule has 6 N–H and O–H groups in total. The van der Waals surface area contributed by atoms with E-state index in [9.17, 15) is 62.2 Å². The quantitative estimate of drug-likeness (QED) is 0.0115. The third-order valence-electron chi connectivity index (χ3n) is 17.1. The second-order valence-corrected chi connectivity index (χ2v) is 43.6. The van der Waals surface area contributed by atoms with Gasteiger partial charge in [0.05, 0.1) is 47.8 Å². The van der Waals surface area contributed by atoms with Crippen molar-refractivity contribution in [1.29, 1.82) is 0 Å². The average molecular weight is 1860 g/mol. The minimum Gasteiger partial charge on any atom is -0.481 e. The summed E-state index contributed by atoms with van der Waals surface area (Å²) in [6, 6.07) is 6.92. The molecule has 674 valence electrons. The molecule has 8 aromatic heterocycles. The maximum atomic E-state index is 15.1. The number of nitrogens with one attached hydrogen (secondary N) is 5. The topological polar surface area (TPSA) is 399 Å². The molecule has 29 nitrogen and oxygen atoms in total. The third kappa shape index (κ3) is 33.1. The summed E-state index contributed by atoms with van der Waals surface area (Å²) in [6.07, 6.45) is 8.65. The van der Waals surface area contributed by atoms with Crippen molar-refractivity contribution < 1.29 is 85.9 Å². The number of carboxylic acid groups (broad SMARTS) is 1. The lowest BCUT2D eigenvalue weighted by molar-refractivity contribution is -0.152. The molecule has 123 heavy (non-hydrogen) atoms. The molecule has 42 heteroatoms. The Morgan fingerprint density at radius 3 is 1.27 bits per heavy atom. The van der Waals surface area contributed by atoms with Crippen LogP contribution in [0.4, 0.5) is 49.6 Å². The number of aromatic amines is 1. The fraction of sp³-hybridized carbons (Fsp3) is 0.506. The highest BCUT2D eigenvalue weighted by molar-refractivity contribution is 8.00. The normalized spacial score (nSPS) is 14.0. The summed E-state index contributed by atoms with van der Waals surface area (Å²) in [4.78, 5) is 89.0. The monoisotopic (exact) mass is 1850 g/mol. The molecule has 0 saturated carbocycles. The van der Waals surface area contributed by atoms with Crippen LogP contribution < -0.4 is 21.3 Å². The summed E-state index contributed by atoms with van der Waals surface area (Å²) in [5.41, 5.74) is -1.66. The van der Waals surface area contributed by atoms with Crippen LogP contribution in [-0.4, -0.2) is 196 Å². The van der Waals surface area contributed by atoms with E-state index in [0.717, 1.165) is 52.8 Å². The molecular formula is C81H106Cl2F6N16O13S5. The van der Waals surface area contributed by atoms with Crippen molar-refractivity contribution in [3.8, 4) is 22.8 Å². The second-order valence-electron chi connectivity index (χ2n) is 35.6. The number of hydrogen-bond acceptors (Lipinski definition) is 27. The van der Waals surface area contributed by atoms with Gasteiger partial charge in [-0.05, 0) is 138 Å². The minimum absolute atomic E-state index is 0.00318. The number of ether oxygens (including phenoxy) is 3. The number of halogens is 8. The predicted octanol–water partition coefficient (Wildman–Crippen LogP) is 15.5. The fourth-order valence-corrected chi connectivity index (χ4v) is 17.6. The number of esters is 3. The van der Waals surface area contributed by atoms with Crippen LogP contribution in [0.1, 0.15) is 151 Å². The first kappa shape index (κ1) is 103. The molecule has 0 aliphatic carbocycles. The maximum Gasteiger partial charge on any atom is 0.319 e. The Kier molecular flexibility index (Phi) is 35.7. The van der Waals surface area contributed by atoms with Crippen molar-refractivity contribution in [1.82, 2.24) is 58.8 Å². The standard InChI is InChI=1S/C30H35F2N5O5S2.C19H21F2N5O3S.C16H25ClFN3O3S.C16H25ClFN3O2S/c1-18-8-10-20(11-9-18)44(40,41)37-15-22(21-12-19(31)13-34-28(21)37)26-33-14-23(32)27(36-26)35-24(29(2,3)4)16-43(39)17-25(38)42-30(5,6)7;1-19(2,3)14(8-30(29)9-15(27)28)25-18-13(21)7-24-17(26-18)12-6-23-16-11(12)4-10(20)5-22-16;1-15(2,3)11(20-13-10(18)7-19-14(17)21-13)8-25(23)9-12(22)24-16(4,5)6;1-15(2,3)11(8-24-9-12(22)23-16(4,5)6)20-13-10(18)7-19-14(17)21-13/h8-15,24H,16-17H2,1-7H3,(H,33,35,36);4-7,14H,8-9H2,1-3H3,(H,22,23)(H,27,28)(H,24,25,26);7,11H,8-9H2,1-6H3,(H,19,20,21);7,11H,8-9H2,1-6H3,(H,19,20,21)/t24-,43?;14-,30?;11-,25?;11-/m1111/s1. The maximum absolute atomic E-state index is 15.1. The number of carbonyl (C=O) groups excluding carboxylic acids is 3. The number of pyridine rings is 2. The van der Waals surface area contributed by atoms with Gasteiger partial charge in [-0.2, -0.15) is 9.97 Å². The molecule has 1 aromatic carbocycles. The van der Waals surface area contributed by atoms with E-state index in [1.807, 2.05) is 111 Å². The van der Waals surface area contributed by atoms with Gasteiger partial charge in [-0.3, -0.25) is 31.8 Å². The smallest absolute Gasteiger partial charge is 0.319 e. The van der Waals surface area contributed by atoms with E-state index in [-0.39, 0.29) is 124 Å². The molecule has 0 radical (unpaired) electrons. The van der Waals surface area contributed by atoms with Gasteiger partial charge in [0.15, 0.2) is 63.8 Å². The number of aryl methyl sites for hydroxylation is 1. The Morgan fingerprint density at radius 2 is 0.862 bits per heavy atom. The first-order chi connectivity index (χ1) is 56.5. The number of anilines is 4. The average Bonchev–Trinajstić information content (AvgIpc) is 1.59. The Bertz CT molecular complexity index is 5400. The van der Waals surface area contributed by atoms with E-state index in [0.29, 0.717) is 22.3 Å². The van der Waals surface area contributed by atoms with E-state index in [2.05, 4.69) is 76.1 Å². The van der Waals surface area contributed by atoms with Gasteiger partial charge >= 0.3 is 23.9 Å². The molecule has 7 atom stereocenters. The van der Waals surface area contributed by atoms with Crippen LogP contribution in [0.5, 0.6) is 0 Å². The highest BCUT2D eigenvalue weighted by Gasteiger charge is 2.35. The van der Waals surface area contributed by atoms with Crippen LogP contribution >= 0.6 is 35.0 Å². The molecule has 9 aromatic rings. The van der Waals surface area contributed by atoms with E-state index in [1.54, 1.807) is 59.9 Å². The zero-order valence-electron chi connectivity index (χ0n) is 72.4. The Labute approximate surface area is 733 Å². The molecule has 9 rings (SSSR count). The Hall–Kier alpha value is -9.09. The van der Waals surface area contributed by atoms with Crippen molar-refractivity contribution in [2.45, 2.75) is 198 Å². The molecule has 0 fully saturated rings.